The number of hydrogen-bond acceptors (Lipinski definition) is 4. The van der Waals surface area contributed by atoms with E-state index in [4.69, 9.17) is 9.72 Å². The Morgan fingerprint density at radius 2 is 2.17 bits per heavy atom. The van der Waals surface area contributed by atoms with Crippen molar-refractivity contribution in [3.8, 4) is 0 Å². The first kappa shape index (κ1) is 14.6. The number of aromatic nitrogens is 3. The number of rotatable bonds is 2. The standard InChI is InChI=1S/C17H22N4O2/c1-10-9-21(6-7-23-10)17(22)13-8-14(12-4-5-12)18-16-15(13)11(2)19-20(16)3/h8,10,12H,4-7,9H2,1-3H3/t10-/m1/s1. The van der Waals surface area contributed by atoms with Gasteiger partial charge in [0.25, 0.3) is 5.91 Å². The Morgan fingerprint density at radius 3 is 2.87 bits per heavy atom. The second-order valence-corrected chi connectivity index (χ2v) is 6.71. The summed E-state index contributed by atoms with van der Waals surface area (Å²) >= 11 is 0. The number of carbonyl (C=O) groups is 1. The van der Waals surface area contributed by atoms with Crippen molar-refractivity contribution in [2.75, 3.05) is 19.7 Å². The molecule has 2 aromatic rings. The van der Waals surface area contributed by atoms with Crippen molar-refractivity contribution in [1.29, 1.82) is 0 Å². The normalized spacial score (nSPS) is 21.9. The molecule has 0 aromatic carbocycles. The smallest absolute Gasteiger partial charge is 0.254 e. The number of aryl methyl sites for hydroxylation is 2. The molecule has 1 aliphatic carbocycles. The molecule has 122 valence electrons. The number of fused-ring (bicyclic) bond motifs is 1. The first-order valence-electron chi connectivity index (χ1n) is 8.29. The van der Waals surface area contributed by atoms with Crippen LogP contribution >= 0.6 is 0 Å². The van der Waals surface area contributed by atoms with Crippen LogP contribution in [0.3, 0.4) is 0 Å². The van der Waals surface area contributed by atoms with E-state index in [1.165, 1.54) is 0 Å². The molecule has 1 saturated heterocycles. The molecule has 0 radical (unpaired) electrons. The van der Waals surface area contributed by atoms with Crippen LogP contribution in [-0.2, 0) is 11.8 Å². The Balaban J connectivity index is 1.82. The summed E-state index contributed by atoms with van der Waals surface area (Å²) in [5.74, 6) is 0.579. The van der Waals surface area contributed by atoms with Crippen molar-refractivity contribution < 1.29 is 9.53 Å². The summed E-state index contributed by atoms with van der Waals surface area (Å²) in [7, 11) is 1.89. The molecule has 6 nitrogen and oxygen atoms in total. The quantitative estimate of drug-likeness (QED) is 0.851. The molecule has 0 unspecified atom stereocenters. The van der Waals surface area contributed by atoms with Gasteiger partial charge in [-0.3, -0.25) is 9.48 Å². The number of morpholine rings is 1. The third kappa shape index (κ3) is 2.51. The van der Waals surface area contributed by atoms with Gasteiger partial charge in [-0.15, -0.1) is 0 Å². The van der Waals surface area contributed by atoms with Crippen molar-refractivity contribution in [2.24, 2.45) is 7.05 Å². The predicted molar refractivity (Wildman–Crippen MR) is 86.5 cm³/mol. The third-order valence-electron chi connectivity index (χ3n) is 4.74. The van der Waals surface area contributed by atoms with Gasteiger partial charge in [-0.1, -0.05) is 0 Å². The Kier molecular flexibility index (Phi) is 3.37. The summed E-state index contributed by atoms with van der Waals surface area (Å²) in [6.45, 7) is 5.83. The number of nitrogens with zero attached hydrogens (tertiary/aromatic N) is 4. The maximum atomic E-state index is 13.1. The zero-order chi connectivity index (χ0) is 16.1. The summed E-state index contributed by atoms with van der Waals surface area (Å²) in [5, 5.41) is 5.36. The lowest BCUT2D eigenvalue weighted by molar-refractivity contribution is -0.0123. The molecule has 6 heteroatoms. The van der Waals surface area contributed by atoms with Crippen LogP contribution in [-0.4, -0.2) is 51.4 Å². The molecule has 2 aromatic heterocycles. The molecule has 3 heterocycles. The van der Waals surface area contributed by atoms with E-state index in [-0.39, 0.29) is 12.0 Å². The highest BCUT2D eigenvalue weighted by Gasteiger charge is 2.30. The number of hydrogen-bond donors (Lipinski definition) is 0. The fourth-order valence-corrected chi connectivity index (χ4v) is 3.39. The fourth-order valence-electron chi connectivity index (χ4n) is 3.39. The van der Waals surface area contributed by atoms with Crippen molar-refractivity contribution in [2.45, 2.75) is 38.7 Å². The van der Waals surface area contributed by atoms with E-state index in [1.807, 2.05) is 31.9 Å². The molecule has 4 rings (SSSR count). The van der Waals surface area contributed by atoms with Crippen molar-refractivity contribution in [3.05, 3.63) is 23.0 Å². The van der Waals surface area contributed by atoms with Gasteiger partial charge in [0.2, 0.25) is 0 Å². The second-order valence-electron chi connectivity index (χ2n) is 6.71. The SMILES string of the molecule is Cc1nn(C)c2nc(C3CC3)cc(C(=O)N3CCO[C@H](C)C3)c12. The van der Waals surface area contributed by atoms with E-state index in [2.05, 4.69) is 5.10 Å². The van der Waals surface area contributed by atoms with Crippen LogP contribution in [0.2, 0.25) is 0 Å². The molecule has 2 fully saturated rings. The molecule has 23 heavy (non-hydrogen) atoms. The lowest BCUT2D eigenvalue weighted by atomic mass is 10.1. The minimum Gasteiger partial charge on any atom is -0.375 e. The average Bonchev–Trinajstić information content (AvgIpc) is 3.33. The predicted octanol–water partition coefficient (Wildman–Crippen LogP) is 2.02. The van der Waals surface area contributed by atoms with Gasteiger partial charge in [0.15, 0.2) is 5.65 Å². The highest BCUT2D eigenvalue weighted by atomic mass is 16.5. The lowest BCUT2D eigenvalue weighted by Crippen LogP contribution is -2.44. The molecular weight excluding hydrogens is 292 g/mol. The Labute approximate surface area is 135 Å². The molecule has 0 N–H and O–H groups in total. The topological polar surface area (TPSA) is 60.2 Å². The van der Waals surface area contributed by atoms with Crippen LogP contribution in [0.25, 0.3) is 11.0 Å². The van der Waals surface area contributed by atoms with Crippen molar-refractivity contribution in [3.63, 3.8) is 0 Å². The summed E-state index contributed by atoms with van der Waals surface area (Å²) in [5.41, 5.74) is 3.46. The molecule has 1 amide bonds. The first-order valence-corrected chi connectivity index (χ1v) is 8.29. The zero-order valence-electron chi connectivity index (χ0n) is 13.9. The number of ether oxygens (including phenoxy) is 1. The van der Waals surface area contributed by atoms with E-state index in [9.17, 15) is 4.79 Å². The van der Waals surface area contributed by atoms with Gasteiger partial charge < -0.3 is 9.64 Å². The monoisotopic (exact) mass is 314 g/mol. The summed E-state index contributed by atoms with van der Waals surface area (Å²) in [6, 6.07) is 2.00. The summed E-state index contributed by atoms with van der Waals surface area (Å²) < 4.78 is 7.35. The Bertz CT molecular complexity index is 778. The number of pyridine rings is 1. The van der Waals surface area contributed by atoms with Gasteiger partial charge in [-0.25, -0.2) is 4.98 Å². The largest absolute Gasteiger partial charge is 0.375 e. The van der Waals surface area contributed by atoms with Crippen LogP contribution in [0.4, 0.5) is 0 Å². The number of carbonyl (C=O) groups excluding carboxylic acids is 1. The van der Waals surface area contributed by atoms with Crippen LogP contribution in [0.1, 0.15) is 47.4 Å². The Morgan fingerprint density at radius 1 is 1.39 bits per heavy atom. The van der Waals surface area contributed by atoms with E-state index in [0.717, 1.165) is 40.8 Å². The first-order chi connectivity index (χ1) is 11.0. The van der Waals surface area contributed by atoms with Gasteiger partial charge in [0.05, 0.1) is 29.4 Å². The molecule has 1 saturated carbocycles. The van der Waals surface area contributed by atoms with Gasteiger partial charge in [-0.05, 0) is 32.8 Å². The maximum absolute atomic E-state index is 13.1. The highest BCUT2D eigenvalue weighted by Crippen LogP contribution is 2.40. The molecular formula is C17H22N4O2. The van der Waals surface area contributed by atoms with Crippen LogP contribution in [0, 0.1) is 6.92 Å². The average molecular weight is 314 g/mol. The number of amides is 1. The molecule has 1 aliphatic heterocycles. The van der Waals surface area contributed by atoms with E-state index in [1.54, 1.807) is 4.68 Å². The summed E-state index contributed by atoms with van der Waals surface area (Å²) in [4.78, 5) is 19.8. The minimum absolute atomic E-state index is 0.0746. The van der Waals surface area contributed by atoms with E-state index in [0.29, 0.717) is 25.6 Å². The maximum Gasteiger partial charge on any atom is 0.254 e. The fraction of sp³-hybridized carbons (Fsp3) is 0.588. The van der Waals surface area contributed by atoms with E-state index < -0.39 is 0 Å². The summed E-state index contributed by atoms with van der Waals surface area (Å²) in [6.07, 6.45) is 2.41. The van der Waals surface area contributed by atoms with E-state index >= 15 is 0 Å². The molecule has 2 aliphatic rings. The van der Waals surface area contributed by atoms with Crippen molar-refractivity contribution in [1.82, 2.24) is 19.7 Å². The van der Waals surface area contributed by atoms with Crippen molar-refractivity contribution >= 4 is 16.9 Å². The van der Waals surface area contributed by atoms with Gasteiger partial charge in [-0.2, -0.15) is 5.10 Å². The lowest BCUT2D eigenvalue weighted by Gasteiger charge is -2.31. The van der Waals surface area contributed by atoms with Gasteiger partial charge >= 0.3 is 0 Å². The Hall–Kier alpha value is -1.95. The highest BCUT2D eigenvalue weighted by molar-refractivity contribution is 6.06. The van der Waals surface area contributed by atoms with Gasteiger partial charge in [0, 0.05) is 31.7 Å². The van der Waals surface area contributed by atoms with Crippen LogP contribution < -0.4 is 0 Å². The second kappa shape index (κ2) is 5.30. The molecule has 0 spiro atoms. The van der Waals surface area contributed by atoms with Crippen LogP contribution in [0.15, 0.2) is 6.07 Å². The molecule has 1 atom stereocenters. The molecule has 0 bridgehead atoms. The van der Waals surface area contributed by atoms with Crippen LogP contribution in [0.5, 0.6) is 0 Å². The zero-order valence-corrected chi connectivity index (χ0v) is 13.9. The van der Waals surface area contributed by atoms with Gasteiger partial charge in [0.1, 0.15) is 0 Å². The third-order valence-corrected chi connectivity index (χ3v) is 4.74. The minimum atomic E-state index is 0.0746.